The molecule has 5 rings (SSSR count). The van der Waals surface area contributed by atoms with Crippen molar-refractivity contribution in [3.05, 3.63) is 41.5 Å². The summed E-state index contributed by atoms with van der Waals surface area (Å²) in [5, 5.41) is 82.2. The topological polar surface area (TPSA) is 234 Å². The molecule has 15 heteroatoms. The molecule has 3 heterocycles. The number of benzene rings is 2. The van der Waals surface area contributed by atoms with Crippen LogP contribution in [0.15, 0.2) is 30.3 Å². The predicted molar refractivity (Wildman–Crippen MR) is 141 cm³/mol. The Hall–Kier alpha value is -3.25. The summed E-state index contributed by atoms with van der Waals surface area (Å²) in [5.41, 5.74) is 0.373. The van der Waals surface area contributed by atoms with Gasteiger partial charge in [0.1, 0.15) is 71.6 Å². The van der Waals surface area contributed by atoms with Gasteiger partial charge in [-0.3, -0.25) is 4.79 Å². The molecule has 0 saturated carbocycles. The Balaban J connectivity index is 1.30. The zero-order valence-corrected chi connectivity index (χ0v) is 23.1. The molecule has 0 aromatic heterocycles. The third kappa shape index (κ3) is 6.08. The molecular formula is C28H34O15. The Bertz CT molecular complexity index is 1320. The molecule has 2 saturated heterocycles. The van der Waals surface area contributed by atoms with E-state index in [0.717, 1.165) is 6.07 Å². The second-order valence-electron chi connectivity index (χ2n) is 10.6. The van der Waals surface area contributed by atoms with Crippen LogP contribution < -0.4 is 14.2 Å². The van der Waals surface area contributed by atoms with Gasteiger partial charge in [-0.1, -0.05) is 6.07 Å². The smallest absolute Gasteiger partial charge is 0.229 e. The van der Waals surface area contributed by atoms with Gasteiger partial charge in [0.25, 0.3) is 0 Å². The number of phenols is 2. The maximum absolute atomic E-state index is 12.9. The molecule has 236 valence electrons. The summed E-state index contributed by atoms with van der Waals surface area (Å²) >= 11 is 0. The molecule has 43 heavy (non-hydrogen) atoms. The number of aliphatic hydroxyl groups is 6. The summed E-state index contributed by atoms with van der Waals surface area (Å²) < 4.78 is 33.1. The minimum Gasteiger partial charge on any atom is -0.507 e. The summed E-state index contributed by atoms with van der Waals surface area (Å²) in [6.07, 6.45) is -15.9. The highest BCUT2D eigenvalue weighted by Gasteiger charge is 2.47. The molecule has 8 N–H and O–H groups in total. The average molecular weight is 611 g/mol. The van der Waals surface area contributed by atoms with Gasteiger partial charge in [0.05, 0.1) is 26.2 Å². The first-order valence-corrected chi connectivity index (χ1v) is 13.5. The van der Waals surface area contributed by atoms with Crippen molar-refractivity contribution in [2.45, 2.75) is 80.9 Å². The minimum absolute atomic E-state index is 0.0457. The number of carbonyl (C=O) groups is 1. The van der Waals surface area contributed by atoms with Gasteiger partial charge in [-0.25, -0.2) is 0 Å². The van der Waals surface area contributed by atoms with Gasteiger partial charge in [0.2, 0.25) is 6.29 Å². The summed E-state index contributed by atoms with van der Waals surface area (Å²) in [4.78, 5) is 12.9. The summed E-state index contributed by atoms with van der Waals surface area (Å²) in [6, 6.07) is 6.90. The van der Waals surface area contributed by atoms with Crippen LogP contribution in [0, 0.1) is 0 Å². The van der Waals surface area contributed by atoms with Crippen molar-refractivity contribution in [1.29, 1.82) is 0 Å². The normalized spacial score (nSPS) is 36.0. The van der Waals surface area contributed by atoms with Gasteiger partial charge >= 0.3 is 0 Å². The van der Waals surface area contributed by atoms with Crippen molar-refractivity contribution < 1.29 is 74.1 Å². The van der Waals surface area contributed by atoms with Gasteiger partial charge in [0, 0.05) is 12.1 Å². The number of ether oxygens (including phenoxy) is 6. The third-order valence-corrected chi connectivity index (χ3v) is 7.70. The molecule has 0 amide bonds. The van der Waals surface area contributed by atoms with E-state index in [1.54, 1.807) is 6.07 Å². The largest absolute Gasteiger partial charge is 0.507 e. The second-order valence-corrected chi connectivity index (χ2v) is 10.6. The minimum atomic E-state index is -1.77. The first-order valence-electron chi connectivity index (χ1n) is 13.5. The monoisotopic (exact) mass is 610 g/mol. The molecule has 2 aromatic rings. The van der Waals surface area contributed by atoms with E-state index >= 15 is 0 Å². The van der Waals surface area contributed by atoms with Crippen LogP contribution in [-0.2, 0) is 14.2 Å². The fourth-order valence-corrected chi connectivity index (χ4v) is 5.20. The van der Waals surface area contributed by atoms with Crippen molar-refractivity contribution in [1.82, 2.24) is 0 Å². The molecule has 1 unspecified atom stereocenters. The van der Waals surface area contributed by atoms with Gasteiger partial charge < -0.3 is 69.3 Å². The number of Topliss-reactive ketones (excluding diaryl/α,β-unsaturated/α-hetero) is 1. The summed E-state index contributed by atoms with van der Waals surface area (Å²) in [7, 11) is 1.39. The Kier molecular flexibility index (Phi) is 8.99. The number of ketones is 1. The highest BCUT2D eigenvalue weighted by Crippen LogP contribution is 2.43. The van der Waals surface area contributed by atoms with Crippen LogP contribution in [0.1, 0.15) is 35.4 Å². The van der Waals surface area contributed by atoms with Crippen molar-refractivity contribution in [3.63, 3.8) is 0 Å². The number of methoxy groups -OCH3 is 1. The first kappa shape index (κ1) is 31.2. The molecule has 0 aliphatic carbocycles. The Morgan fingerprint density at radius 3 is 2.23 bits per heavy atom. The average Bonchev–Trinajstić information content (AvgIpc) is 2.97. The standard InChI is InChI=1S/C28H34O15/c1-10-21(32)23(34)25(36)27(40-10)39-9-19-22(33)24(35)26(37)28(43-19)41-12-6-14(30)20-15(31)8-17(42-18(20)7-12)11-3-4-16(38-2)13(29)5-11/h3-7,10,17,19,21-30,32-37H,8-9H2,1-2H3/t10-,17?,19-,21-,22-,23+,24+,25+,26-,27+,28-/m1/s1. The summed E-state index contributed by atoms with van der Waals surface area (Å²) in [6.45, 7) is 0.964. The van der Waals surface area contributed by atoms with E-state index in [1.165, 1.54) is 32.2 Å². The van der Waals surface area contributed by atoms with Crippen LogP contribution in [0.3, 0.4) is 0 Å². The van der Waals surface area contributed by atoms with E-state index in [0.29, 0.717) is 5.56 Å². The van der Waals surface area contributed by atoms with Gasteiger partial charge in [-0.05, 0) is 24.6 Å². The van der Waals surface area contributed by atoms with Gasteiger partial charge in [-0.15, -0.1) is 0 Å². The number of hydrogen-bond acceptors (Lipinski definition) is 15. The molecule has 0 spiro atoms. The SMILES string of the molecule is COc1ccc(C2CC(=O)c3c(O)cc(O[C@@H]4O[C@H](CO[C@H]5O[C@H](C)[C@@H](O)[C@H](O)[C@@H]5O)[C@@H](O)[C@H](O)[C@H]4O)cc3O2)cc1O. The van der Waals surface area contributed by atoms with Crippen molar-refractivity contribution in [3.8, 4) is 28.7 Å². The number of phenolic OH excluding ortho intramolecular Hbond substituents is 2. The van der Waals surface area contributed by atoms with E-state index in [1.807, 2.05) is 0 Å². The molecule has 0 radical (unpaired) electrons. The van der Waals surface area contributed by atoms with Crippen molar-refractivity contribution in [2.75, 3.05) is 13.7 Å². The van der Waals surface area contributed by atoms with E-state index in [2.05, 4.69) is 0 Å². The summed E-state index contributed by atoms with van der Waals surface area (Å²) in [5.74, 6) is -0.999. The Labute approximate surface area is 245 Å². The van der Waals surface area contributed by atoms with E-state index < -0.39 is 85.7 Å². The van der Waals surface area contributed by atoms with Gasteiger partial charge in [-0.2, -0.15) is 0 Å². The molecule has 2 fully saturated rings. The van der Waals surface area contributed by atoms with Crippen molar-refractivity contribution in [2.24, 2.45) is 0 Å². The highest BCUT2D eigenvalue weighted by atomic mass is 16.7. The fourth-order valence-electron chi connectivity index (χ4n) is 5.20. The predicted octanol–water partition coefficient (Wildman–Crippen LogP) is -1.16. The highest BCUT2D eigenvalue weighted by molar-refractivity contribution is 6.02. The zero-order chi connectivity index (χ0) is 31.2. The van der Waals surface area contributed by atoms with E-state index in [-0.39, 0.29) is 35.0 Å². The lowest BCUT2D eigenvalue weighted by atomic mass is 9.95. The number of aliphatic hydroxyl groups excluding tert-OH is 6. The fraction of sp³-hybridized carbons (Fsp3) is 0.536. The van der Waals surface area contributed by atoms with E-state index in [4.69, 9.17) is 28.4 Å². The van der Waals surface area contributed by atoms with Crippen molar-refractivity contribution >= 4 is 5.78 Å². The van der Waals surface area contributed by atoms with Crippen LogP contribution in [0.4, 0.5) is 0 Å². The molecule has 0 bridgehead atoms. The number of carbonyl (C=O) groups excluding carboxylic acids is 1. The van der Waals surface area contributed by atoms with Crippen LogP contribution in [0.5, 0.6) is 28.7 Å². The molecule has 2 aromatic carbocycles. The van der Waals surface area contributed by atoms with Crippen LogP contribution in [-0.4, -0.2) is 122 Å². The quantitative estimate of drug-likeness (QED) is 0.185. The lowest BCUT2D eigenvalue weighted by molar-refractivity contribution is -0.318. The van der Waals surface area contributed by atoms with Crippen LogP contribution in [0.25, 0.3) is 0 Å². The van der Waals surface area contributed by atoms with E-state index in [9.17, 15) is 45.6 Å². The number of fused-ring (bicyclic) bond motifs is 1. The molecule has 15 nitrogen and oxygen atoms in total. The zero-order valence-electron chi connectivity index (χ0n) is 23.1. The number of rotatable bonds is 7. The van der Waals surface area contributed by atoms with Gasteiger partial charge in [0.15, 0.2) is 23.6 Å². The molecule has 3 aliphatic rings. The maximum atomic E-state index is 12.9. The lowest BCUT2D eigenvalue weighted by Gasteiger charge is -2.42. The molecule has 3 aliphatic heterocycles. The number of hydrogen-bond donors (Lipinski definition) is 8. The number of aromatic hydroxyl groups is 2. The maximum Gasteiger partial charge on any atom is 0.229 e. The molecule has 11 atom stereocenters. The molecular weight excluding hydrogens is 576 g/mol. The van der Waals surface area contributed by atoms with Crippen LogP contribution in [0.2, 0.25) is 0 Å². The van der Waals surface area contributed by atoms with Crippen LogP contribution >= 0.6 is 0 Å². The lowest BCUT2D eigenvalue weighted by Crippen LogP contribution is -2.61. The first-order chi connectivity index (χ1) is 20.4. The Morgan fingerprint density at radius 2 is 1.53 bits per heavy atom. The second kappa shape index (κ2) is 12.4. The Morgan fingerprint density at radius 1 is 0.837 bits per heavy atom. The third-order valence-electron chi connectivity index (χ3n) is 7.70.